The predicted octanol–water partition coefficient (Wildman–Crippen LogP) is 4.43. The Labute approximate surface area is 128 Å². The molecule has 112 valence electrons. The number of hydrogen-bond acceptors (Lipinski definition) is 2. The molecule has 0 bridgehead atoms. The molecular formula is C19H26N2. The molecule has 0 saturated heterocycles. The summed E-state index contributed by atoms with van der Waals surface area (Å²) in [6.45, 7) is 8.37. The fourth-order valence-corrected chi connectivity index (χ4v) is 2.54. The molecule has 0 spiro atoms. The molecule has 0 unspecified atom stereocenters. The first-order chi connectivity index (χ1) is 10.2. The lowest BCUT2D eigenvalue weighted by molar-refractivity contribution is 0.726. The molecule has 0 atom stereocenters. The van der Waals surface area contributed by atoms with E-state index >= 15 is 0 Å². The van der Waals surface area contributed by atoms with Crippen LogP contribution in [0.15, 0.2) is 42.5 Å². The van der Waals surface area contributed by atoms with Gasteiger partial charge in [-0.1, -0.05) is 43.7 Å². The van der Waals surface area contributed by atoms with Crippen molar-refractivity contribution in [2.24, 2.45) is 0 Å². The highest BCUT2D eigenvalue weighted by Gasteiger charge is 2.09. The molecule has 0 saturated carbocycles. The number of hydrogen-bond donors (Lipinski definition) is 1. The van der Waals surface area contributed by atoms with Crippen LogP contribution in [0.2, 0.25) is 0 Å². The summed E-state index contributed by atoms with van der Waals surface area (Å²) >= 11 is 0. The molecule has 2 aromatic rings. The summed E-state index contributed by atoms with van der Waals surface area (Å²) in [5.41, 5.74) is 6.53. The van der Waals surface area contributed by atoms with E-state index in [2.05, 4.69) is 80.5 Å². The molecule has 1 N–H and O–H groups in total. The molecule has 2 heteroatoms. The van der Waals surface area contributed by atoms with Gasteiger partial charge in [-0.3, -0.25) is 0 Å². The zero-order valence-electron chi connectivity index (χ0n) is 13.6. The van der Waals surface area contributed by atoms with Crippen molar-refractivity contribution in [2.45, 2.75) is 33.7 Å². The second kappa shape index (κ2) is 7.28. The van der Waals surface area contributed by atoms with E-state index < -0.39 is 0 Å². The van der Waals surface area contributed by atoms with Crippen LogP contribution in [-0.2, 0) is 13.0 Å². The molecule has 0 radical (unpaired) electrons. The SMILES string of the molecule is CCNCc1cc(C)ccc1N(C)c1ccc(CC)cc1. The van der Waals surface area contributed by atoms with Crippen molar-refractivity contribution in [3.8, 4) is 0 Å². The molecule has 0 aliphatic rings. The monoisotopic (exact) mass is 282 g/mol. The summed E-state index contributed by atoms with van der Waals surface area (Å²) in [5, 5.41) is 3.43. The first-order valence-corrected chi connectivity index (χ1v) is 7.78. The summed E-state index contributed by atoms with van der Waals surface area (Å²) < 4.78 is 0. The van der Waals surface area contributed by atoms with Crippen LogP contribution in [0.3, 0.4) is 0 Å². The quantitative estimate of drug-likeness (QED) is 0.843. The van der Waals surface area contributed by atoms with E-state index in [1.807, 2.05) is 0 Å². The molecule has 0 aromatic heterocycles. The van der Waals surface area contributed by atoms with E-state index in [0.29, 0.717) is 0 Å². The van der Waals surface area contributed by atoms with E-state index in [4.69, 9.17) is 0 Å². The van der Waals surface area contributed by atoms with Crippen LogP contribution in [0, 0.1) is 6.92 Å². The van der Waals surface area contributed by atoms with E-state index in [9.17, 15) is 0 Å². The molecule has 0 aliphatic heterocycles. The van der Waals surface area contributed by atoms with Crippen molar-refractivity contribution in [1.82, 2.24) is 5.32 Å². The molecule has 2 aromatic carbocycles. The number of nitrogens with one attached hydrogen (secondary N) is 1. The topological polar surface area (TPSA) is 15.3 Å². The van der Waals surface area contributed by atoms with E-state index in [0.717, 1.165) is 19.5 Å². The third-order valence-electron chi connectivity index (χ3n) is 3.89. The summed E-state index contributed by atoms with van der Waals surface area (Å²) in [6.07, 6.45) is 1.08. The standard InChI is InChI=1S/C19H26N2/c1-5-16-8-10-18(11-9-16)21(4)19-12-7-15(3)13-17(19)14-20-6-2/h7-13,20H,5-6,14H2,1-4H3. The lowest BCUT2D eigenvalue weighted by atomic mass is 10.1. The van der Waals surface area contributed by atoms with Gasteiger partial charge in [0.15, 0.2) is 0 Å². The zero-order valence-corrected chi connectivity index (χ0v) is 13.6. The smallest absolute Gasteiger partial charge is 0.0453 e. The second-order valence-corrected chi connectivity index (χ2v) is 5.49. The lowest BCUT2D eigenvalue weighted by Crippen LogP contribution is -2.17. The normalized spacial score (nSPS) is 10.7. The highest BCUT2D eigenvalue weighted by Crippen LogP contribution is 2.28. The van der Waals surface area contributed by atoms with Gasteiger partial charge in [0.1, 0.15) is 0 Å². The minimum Gasteiger partial charge on any atom is -0.344 e. The maximum Gasteiger partial charge on any atom is 0.0453 e. The van der Waals surface area contributed by atoms with Crippen molar-refractivity contribution in [3.63, 3.8) is 0 Å². The van der Waals surface area contributed by atoms with Crippen molar-refractivity contribution >= 4 is 11.4 Å². The summed E-state index contributed by atoms with van der Waals surface area (Å²) in [4.78, 5) is 2.27. The summed E-state index contributed by atoms with van der Waals surface area (Å²) in [6, 6.07) is 15.5. The predicted molar refractivity (Wildman–Crippen MR) is 92.4 cm³/mol. The van der Waals surface area contributed by atoms with Crippen LogP contribution in [0.5, 0.6) is 0 Å². The van der Waals surface area contributed by atoms with Crippen LogP contribution in [-0.4, -0.2) is 13.6 Å². The minimum atomic E-state index is 0.908. The molecule has 2 rings (SSSR count). The average molecular weight is 282 g/mol. The minimum absolute atomic E-state index is 0.908. The van der Waals surface area contributed by atoms with E-state index in [1.165, 1.54) is 28.1 Å². The van der Waals surface area contributed by atoms with Gasteiger partial charge in [-0.2, -0.15) is 0 Å². The van der Waals surface area contributed by atoms with Gasteiger partial charge in [0.05, 0.1) is 0 Å². The highest BCUT2D eigenvalue weighted by atomic mass is 15.1. The van der Waals surface area contributed by atoms with Crippen molar-refractivity contribution in [1.29, 1.82) is 0 Å². The van der Waals surface area contributed by atoms with Crippen molar-refractivity contribution < 1.29 is 0 Å². The Bertz CT molecular complexity index is 573. The van der Waals surface area contributed by atoms with Crippen LogP contribution in [0.1, 0.15) is 30.5 Å². The van der Waals surface area contributed by atoms with Gasteiger partial charge in [0.25, 0.3) is 0 Å². The number of benzene rings is 2. The lowest BCUT2D eigenvalue weighted by Gasteiger charge is -2.23. The van der Waals surface area contributed by atoms with Crippen LogP contribution < -0.4 is 10.2 Å². The Balaban J connectivity index is 2.30. The van der Waals surface area contributed by atoms with Gasteiger partial charge in [-0.15, -0.1) is 0 Å². The Morgan fingerprint density at radius 2 is 1.71 bits per heavy atom. The Morgan fingerprint density at radius 3 is 2.33 bits per heavy atom. The van der Waals surface area contributed by atoms with Gasteiger partial charge in [-0.25, -0.2) is 0 Å². The first kappa shape index (κ1) is 15.6. The number of aryl methyl sites for hydroxylation is 2. The summed E-state index contributed by atoms with van der Waals surface area (Å²) in [5.74, 6) is 0. The Hall–Kier alpha value is -1.80. The highest BCUT2D eigenvalue weighted by molar-refractivity contribution is 5.66. The maximum atomic E-state index is 3.43. The third kappa shape index (κ3) is 3.85. The molecule has 0 amide bonds. The van der Waals surface area contributed by atoms with Gasteiger partial charge >= 0.3 is 0 Å². The molecular weight excluding hydrogens is 256 g/mol. The Kier molecular flexibility index (Phi) is 5.40. The van der Waals surface area contributed by atoms with Gasteiger partial charge in [-0.05, 0) is 49.2 Å². The van der Waals surface area contributed by atoms with E-state index in [1.54, 1.807) is 0 Å². The number of rotatable bonds is 6. The fourth-order valence-electron chi connectivity index (χ4n) is 2.54. The number of nitrogens with zero attached hydrogens (tertiary/aromatic N) is 1. The van der Waals surface area contributed by atoms with Crippen LogP contribution >= 0.6 is 0 Å². The molecule has 0 fully saturated rings. The van der Waals surface area contributed by atoms with Gasteiger partial charge < -0.3 is 10.2 Å². The van der Waals surface area contributed by atoms with Gasteiger partial charge in [0, 0.05) is 25.0 Å². The maximum absolute atomic E-state index is 3.43. The fraction of sp³-hybridized carbons (Fsp3) is 0.368. The van der Waals surface area contributed by atoms with Crippen LogP contribution in [0.4, 0.5) is 11.4 Å². The average Bonchev–Trinajstić information content (AvgIpc) is 2.52. The molecule has 2 nitrogen and oxygen atoms in total. The molecule has 21 heavy (non-hydrogen) atoms. The first-order valence-electron chi connectivity index (χ1n) is 7.78. The summed E-state index contributed by atoms with van der Waals surface area (Å²) in [7, 11) is 2.14. The zero-order chi connectivity index (χ0) is 15.2. The van der Waals surface area contributed by atoms with E-state index in [-0.39, 0.29) is 0 Å². The molecule has 0 heterocycles. The van der Waals surface area contributed by atoms with Crippen molar-refractivity contribution in [2.75, 3.05) is 18.5 Å². The van der Waals surface area contributed by atoms with Crippen LogP contribution in [0.25, 0.3) is 0 Å². The molecule has 0 aliphatic carbocycles. The third-order valence-corrected chi connectivity index (χ3v) is 3.89. The van der Waals surface area contributed by atoms with Crippen molar-refractivity contribution in [3.05, 3.63) is 59.2 Å². The number of anilines is 2. The van der Waals surface area contributed by atoms with Gasteiger partial charge in [0.2, 0.25) is 0 Å². The largest absolute Gasteiger partial charge is 0.344 e. The second-order valence-electron chi connectivity index (χ2n) is 5.49. The Morgan fingerprint density at radius 1 is 1.00 bits per heavy atom.